The number of aryl methyl sites for hydroxylation is 2. The lowest BCUT2D eigenvalue weighted by Crippen LogP contribution is -2.17. The molecule has 3 aromatic rings. The maximum atomic E-state index is 13.9. The highest BCUT2D eigenvalue weighted by Gasteiger charge is 2.25. The average molecular weight is 435 g/mol. The van der Waals surface area contributed by atoms with Crippen molar-refractivity contribution in [1.82, 2.24) is 4.57 Å². The Hall–Kier alpha value is -2.66. The highest BCUT2D eigenvalue weighted by molar-refractivity contribution is 7.98. The highest BCUT2D eigenvalue weighted by Crippen LogP contribution is 2.38. The Balaban J connectivity index is 2.01. The van der Waals surface area contributed by atoms with Gasteiger partial charge in [0.2, 0.25) is 0 Å². The maximum Gasteiger partial charge on any atom is 0.250 e. The molecule has 0 saturated carbocycles. The van der Waals surface area contributed by atoms with Crippen molar-refractivity contribution in [3.8, 4) is 11.1 Å². The summed E-state index contributed by atoms with van der Waals surface area (Å²) in [4.78, 5) is 17.5. The molecule has 0 fully saturated rings. The molecule has 0 radical (unpaired) electrons. The molecule has 5 heteroatoms. The second-order valence-corrected chi connectivity index (χ2v) is 9.19. The van der Waals surface area contributed by atoms with Crippen molar-refractivity contribution in [2.24, 2.45) is 12.0 Å². The van der Waals surface area contributed by atoms with Gasteiger partial charge in [-0.25, -0.2) is 4.39 Å². The molecule has 2 heterocycles. The van der Waals surface area contributed by atoms with Crippen molar-refractivity contribution in [2.75, 3.05) is 5.75 Å². The molecule has 0 spiro atoms. The lowest BCUT2D eigenvalue weighted by Gasteiger charge is -2.16. The standard InChI is InChI=1S/C26H27FN2OS/c1-5-18-12-19(27)8-10-20(18)26-21-9-7-17(15-31-6-2)11-23(21)24-14-29(4)25(30)13-22(24)16(3)28-26/h7-14,16H,5-6,15H2,1-4H3/t16-/m0/s1. The monoisotopic (exact) mass is 434 g/mol. The Morgan fingerprint density at radius 1 is 1.03 bits per heavy atom. The molecular formula is C26H27FN2OS. The van der Waals surface area contributed by atoms with Gasteiger partial charge in [-0.05, 0) is 65.6 Å². The molecule has 4 rings (SSSR count). The van der Waals surface area contributed by atoms with E-state index in [2.05, 4.69) is 25.1 Å². The van der Waals surface area contributed by atoms with E-state index in [0.29, 0.717) is 6.42 Å². The average Bonchev–Trinajstić information content (AvgIpc) is 2.87. The normalized spacial score (nSPS) is 15.1. The Bertz CT molecular complexity index is 1230. The van der Waals surface area contributed by atoms with Gasteiger partial charge in [-0.3, -0.25) is 9.79 Å². The number of halogens is 1. The third-order valence-electron chi connectivity index (χ3n) is 5.84. The highest BCUT2D eigenvalue weighted by atomic mass is 32.2. The number of hydrogen-bond acceptors (Lipinski definition) is 3. The van der Waals surface area contributed by atoms with Crippen LogP contribution >= 0.6 is 11.8 Å². The fourth-order valence-corrected chi connectivity index (χ4v) is 4.80. The predicted molar refractivity (Wildman–Crippen MR) is 129 cm³/mol. The van der Waals surface area contributed by atoms with Crippen molar-refractivity contribution in [1.29, 1.82) is 0 Å². The van der Waals surface area contributed by atoms with Crippen LogP contribution in [-0.4, -0.2) is 16.0 Å². The topological polar surface area (TPSA) is 34.4 Å². The number of aliphatic imine (C=N–C) groups is 1. The summed E-state index contributed by atoms with van der Waals surface area (Å²) in [5, 5.41) is 0. The fourth-order valence-electron chi connectivity index (χ4n) is 4.18. The Labute approximate surface area is 187 Å². The van der Waals surface area contributed by atoms with Crippen LogP contribution in [0.5, 0.6) is 0 Å². The van der Waals surface area contributed by atoms with E-state index in [9.17, 15) is 9.18 Å². The van der Waals surface area contributed by atoms with Crippen molar-refractivity contribution < 1.29 is 4.39 Å². The summed E-state index contributed by atoms with van der Waals surface area (Å²) in [6, 6.07) is 13.0. The van der Waals surface area contributed by atoms with Crippen LogP contribution in [0.25, 0.3) is 11.1 Å². The van der Waals surface area contributed by atoms with E-state index in [4.69, 9.17) is 4.99 Å². The number of nitrogens with zero attached hydrogens (tertiary/aromatic N) is 2. The summed E-state index contributed by atoms with van der Waals surface area (Å²) in [6.07, 6.45) is 2.64. The molecule has 0 aliphatic carbocycles. The third-order valence-corrected chi connectivity index (χ3v) is 6.78. The summed E-state index contributed by atoms with van der Waals surface area (Å²) < 4.78 is 15.6. The van der Waals surface area contributed by atoms with E-state index in [1.54, 1.807) is 23.7 Å². The van der Waals surface area contributed by atoms with Gasteiger partial charge < -0.3 is 4.57 Å². The van der Waals surface area contributed by atoms with Gasteiger partial charge in [0, 0.05) is 41.8 Å². The minimum atomic E-state index is -0.235. The van der Waals surface area contributed by atoms with Crippen molar-refractivity contribution >= 4 is 17.5 Å². The lowest BCUT2D eigenvalue weighted by molar-refractivity contribution is 0.625. The van der Waals surface area contributed by atoms with Gasteiger partial charge in [-0.15, -0.1) is 0 Å². The smallest absolute Gasteiger partial charge is 0.250 e. The maximum absolute atomic E-state index is 13.9. The molecule has 0 bridgehead atoms. The number of pyridine rings is 1. The summed E-state index contributed by atoms with van der Waals surface area (Å²) in [6.45, 7) is 6.21. The molecule has 3 nitrogen and oxygen atoms in total. The van der Waals surface area contributed by atoms with Gasteiger partial charge in [0.05, 0.1) is 11.8 Å². The van der Waals surface area contributed by atoms with Gasteiger partial charge in [0.1, 0.15) is 5.82 Å². The molecule has 1 aliphatic heterocycles. The minimum Gasteiger partial charge on any atom is -0.318 e. The van der Waals surface area contributed by atoms with Gasteiger partial charge in [-0.1, -0.05) is 26.0 Å². The summed E-state index contributed by atoms with van der Waals surface area (Å²) >= 11 is 1.88. The van der Waals surface area contributed by atoms with Crippen LogP contribution in [0.4, 0.5) is 4.39 Å². The molecule has 1 aliphatic rings. The van der Waals surface area contributed by atoms with Crippen molar-refractivity contribution in [3.63, 3.8) is 0 Å². The van der Waals surface area contributed by atoms with E-state index in [1.807, 2.05) is 37.9 Å². The van der Waals surface area contributed by atoms with Crippen LogP contribution in [0.15, 0.2) is 58.4 Å². The fraction of sp³-hybridized carbons (Fsp3) is 0.308. The number of rotatable bonds is 5. The second kappa shape index (κ2) is 8.83. The van der Waals surface area contributed by atoms with Gasteiger partial charge in [0.25, 0.3) is 5.56 Å². The number of hydrogen-bond donors (Lipinski definition) is 0. The van der Waals surface area contributed by atoms with Crippen molar-refractivity contribution in [2.45, 2.75) is 39.0 Å². The van der Waals surface area contributed by atoms with Crippen LogP contribution in [0.1, 0.15) is 54.6 Å². The van der Waals surface area contributed by atoms with E-state index in [-0.39, 0.29) is 17.4 Å². The molecule has 0 N–H and O–H groups in total. The van der Waals surface area contributed by atoms with Crippen LogP contribution in [-0.2, 0) is 19.2 Å². The molecule has 1 atom stereocenters. The molecule has 1 aromatic heterocycles. The Morgan fingerprint density at radius 3 is 2.55 bits per heavy atom. The van der Waals surface area contributed by atoms with Crippen LogP contribution in [0, 0.1) is 5.82 Å². The first kappa shape index (κ1) is 21.6. The van der Waals surface area contributed by atoms with Gasteiger partial charge in [-0.2, -0.15) is 11.8 Å². The number of fused-ring (bicyclic) bond motifs is 3. The van der Waals surface area contributed by atoms with Crippen molar-refractivity contribution in [3.05, 3.63) is 92.6 Å². The van der Waals surface area contributed by atoms with Crippen LogP contribution in [0.3, 0.4) is 0 Å². The predicted octanol–water partition coefficient (Wildman–Crippen LogP) is 5.92. The van der Waals surface area contributed by atoms with Gasteiger partial charge in [0.15, 0.2) is 0 Å². The molecule has 31 heavy (non-hydrogen) atoms. The summed E-state index contributed by atoms with van der Waals surface area (Å²) in [5.41, 5.74) is 8.02. The van der Waals surface area contributed by atoms with E-state index < -0.39 is 0 Å². The Kier molecular flexibility index (Phi) is 6.15. The summed E-state index contributed by atoms with van der Waals surface area (Å²) in [7, 11) is 1.78. The molecule has 160 valence electrons. The van der Waals surface area contributed by atoms with E-state index >= 15 is 0 Å². The number of aromatic nitrogens is 1. The molecule has 0 saturated heterocycles. The SMILES string of the molecule is CCSCc1ccc2c(c1)-c1cn(C)c(=O)cc1[C@H](C)N=C2c1ccc(F)cc1CC. The lowest BCUT2D eigenvalue weighted by atomic mass is 9.89. The van der Waals surface area contributed by atoms with Gasteiger partial charge >= 0.3 is 0 Å². The minimum absolute atomic E-state index is 0.0421. The van der Waals surface area contributed by atoms with Crippen LogP contribution in [0.2, 0.25) is 0 Å². The van der Waals surface area contributed by atoms with E-state index in [0.717, 1.165) is 50.6 Å². The summed E-state index contributed by atoms with van der Waals surface area (Å²) in [5.74, 6) is 1.76. The number of thioether (sulfide) groups is 1. The quantitative estimate of drug-likeness (QED) is 0.500. The second-order valence-electron chi connectivity index (χ2n) is 7.92. The number of benzene rings is 2. The van der Waals surface area contributed by atoms with Crippen LogP contribution < -0.4 is 5.56 Å². The first-order valence-electron chi connectivity index (χ1n) is 10.7. The Morgan fingerprint density at radius 2 is 1.81 bits per heavy atom. The largest absolute Gasteiger partial charge is 0.318 e. The first-order chi connectivity index (χ1) is 14.9. The zero-order valence-electron chi connectivity index (χ0n) is 18.4. The molecule has 0 amide bonds. The molecule has 0 unspecified atom stereocenters. The zero-order valence-corrected chi connectivity index (χ0v) is 19.2. The molecule has 2 aromatic carbocycles. The van der Waals surface area contributed by atoms with E-state index in [1.165, 1.54) is 11.6 Å². The zero-order chi connectivity index (χ0) is 22.1. The third kappa shape index (κ3) is 4.11. The molecular weight excluding hydrogens is 407 g/mol. The first-order valence-corrected chi connectivity index (χ1v) is 11.9.